The summed E-state index contributed by atoms with van der Waals surface area (Å²) in [6, 6.07) is 4.81. The van der Waals surface area contributed by atoms with E-state index in [9.17, 15) is 4.79 Å². The van der Waals surface area contributed by atoms with E-state index in [1.165, 1.54) is 18.9 Å². The summed E-state index contributed by atoms with van der Waals surface area (Å²) in [4.78, 5) is 19.5. The van der Waals surface area contributed by atoms with Crippen LogP contribution >= 0.6 is 11.8 Å². The lowest BCUT2D eigenvalue weighted by Gasteiger charge is -2.06. The van der Waals surface area contributed by atoms with Gasteiger partial charge in [-0.05, 0) is 12.1 Å². The largest absolute Gasteiger partial charge is 0.468 e. The first-order chi connectivity index (χ1) is 9.70. The number of nitrogens with zero attached hydrogens (tertiary/aromatic N) is 3. The number of hydrogen-bond donors (Lipinski definition) is 1. The lowest BCUT2D eigenvalue weighted by molar-refractivity contribution is -0.141. The van der Waals surface area contributed by atoms with E-state index < -0.39 is 12.0 Å². The van der Waals surface area contributed by atoms with Gasteiger partial charge in [0.1, 0.15) is 11.7 Å². The van der Waals surface area contributed by atoms with Gasteiger partial charge in [0.25, 0.3) is 0 Å². The highest BCUT2D eigenvalue weighted by molar-refractivity contribution is 7.98. The van der Waals surface area contributed by atoms with Crippen LogP contribution in [0.2, 0.25) is 0 Å². The van der Waals surface area contributed by atoms with Crippen molar-refractivity contribution in [2.45, 2.75) is 11.8 Å². The second kappa shape index (κ2) is 7.01. The highest BCUT2D eigenvalue weighted by atomic mass is 32.2. The van der Waals surface area contributed by atoms with Crippen molar-refractivity contribution < 1.29 is 14.1 Å². The van der Waals surface area contributed by atoms with Gasteiger partial charge in [-0.1, -0.05) is 11.2 Å². The zero-order valence-electron chi connectivity index (χ0n) is 10.9. The number of carbonyl (C=O) groups is 1. The molecule has 2 aromatic rings. The summed E-state index contributed by atoms with van der Waals surface area (Å²) in [5.41, 5.74) is 6.27. The molecule has 0 bridgehead atoms. The van der Waals surface area contributed by atoms with E-state index in [4.69, 9.17) is 10.3 Å². The fourth-order valence-corrected chi connectivity index (χ4v) is 2.20. The fraction of sp³-hybridized carbons (Fsp3) is 0.333. The van der Waals surface area contributed by atoms with Crippen molar-refractivity contribution in [2.75, 3.05) is 12.9 Å². The molecule has 0 aromatic carbocycles. The first-order valence-corrected chi connectivity index (χ1v) is 7.01. The number of pyridine rings is 1. The summed E-state index contributed by atoms with van der Waals surface area (Å²) in [7, 11) is 1.31. The molecular weight excluding hydrogens is 280 g/mol. The van der Waals surface area contributed by atoms with E-state index in [0.29, 0.717) is 28.9 Å². The van der Waals surface area contributed by atoms with Crippen LogP contribution in [0.15, 0.2) is 28.9 Å². The summed E-state index contributed by atoms with van der Waals surface area (Å²) in [5.74, 6) is 1.38. The Balaban J connectivity index is 1.86. The summed E-state index contributed by atoms with van der Waals surface area (Å²) in [6.07, 6.45) is 1.66. The number of ether oxygens (including phenoxy) is 1. The molecule has 0 saturated heterocycles. The predicted octanol–water partition coefficient (Wildman–Crippen LogP) is 0.865. The molecule has 0 aliphatic carbocycles. The molecule has 0 saturated carbocycles. The van der Waals surface area contributed by atoms with E-state index in [2.05, 4.69) is 19.9 Å². The highest BCUT2D eigenvalue weighted by Gasteiger charge is 2.15. The quantitative estimate of drug-likeness (QED) is 0.782. The van der Waals surface area contributed by atoms with Gasteiger partial charge < -0.3 is 15.0 Å². The molecule has 8 heteroatoms. The van der Waals surface area contributed by atoms with E-state index in [1.807, 2.05) is 12.1 Å². The fourth-order valence-electron chi connectivity index (χ4n) is 1.41. The van der Waals surface area contributed by atoms with E-state index in [0.717, 1.165) is 0 Å². The van der Waals surface area contributed by atoms with Gasteiger partial charge >= 0.3 is 5.97 Å². The molecule has 2 heterocycles. The third kappa shape index (κ3) is 3.78. The van der Waals surface area contributed by atoms with Crippen molar-refractivity contribution in [1.82, 2.24) is 15.1 Å². The number of aromatic nitrogens is 3. The Hall–Kier alpha value is -1.93. The number of hydrogen-bond acceptors (Lipinski definition) is 8. The predicted molar refractivity (Wildman–Crippen MR) is 73.7 cm³/mol. The second-order valence-electron chi connectivity index (χ2n) is 3.87. The molecule has 0 aliphatic rings. The monoisotopic (exact) mass is 294 g/mol. The molecule has 1 unspecified atom stereocenters. The summed E-state index contributed by atoms with van der Waals surface area (Å²) >= 11 is 1.42. The molecule has 2 rings (SSSR count). The van der Waals surface area contributed by atoms with Gasteiger partial charge in [0.2, 0.25) is 11.7 Å². The van der Waals surface area contributed by atoms with Crippen molar-refractivity contribution in [2.24, 2.45) is 5.73 Å². The van der Waals surface area contributed by atoms with E-state index >= 15 is 0 Å². The van der Waals surface area contributed by atoms with Crippen LogP contribution in [0.3, 0.4) is 0 Å². The molecule has 7 nitrogen and oxygen atoms in total. The highest BCUT2D eigenvalue weighted by Crippen LogP contribution is 2.16. The van der Waals surface area contributed by atoms with Gasteiger partial charge in [-0.2, -0.15) is 4.98 Å². The maximum atomic E-state index is 11.1. The smallest absolute Gasteiger partial charge is 0.323 e. The van der Waals surface area contributed by atoms with Gasteiger partial charge in [0, 0.05) is 11.9 Å². The summed E-state index contributed by atoms with van der Waals surface area (Å²) in [6.45, 7) is 0. The Bertz CT molecular complexity index is 561. The maximum absolute atomic E-state index is 11.1. The zero-order chi connectivity index (χ0) is 14.4. The molecule has 0 radical (unpaired) electrons. The lowest BCUT2D eigenvalue weighted by Crippen LogP contribution is -2.33. The Labute approximate surface area is 119 Å². The summed E-state index contributed by atoms with van der Waals surface area (Å²) in [5, 5.41) is 3.85. The molecule has 0 spiro atoms. The lowest BCUT2D eigenvalue weighted by atomic mass is 10.3. The Kier molecular flexibility index (Phi) is 5.08. The van der Waals surface area contributed by atoms with Crippen molar-refractivity contribution in [1.29, 1.82) is 0 Å². The van der Waals surface area contributed by atoms with Crippen LogP contribution in [-0.2, 0) is 15.3 Å². The molecule has 2 aromatic heterocycles. The number of methoxy groups -OCH3 is 1. The van der Waals surface area contributed by atoms with Crippen LogP contribution < -0.4 is 5.73 Å². The third-order valence-electron chi connectivity index (χ3n) is 2.39. The van der Waals surface area contributed by atoms with Crippen LogP contribution in [0.1, 0.15) is 5.89 Å². The van der Waals surface area contributed by atoms with Crippen LogP contribution in [-0.4, -0.2) is 40.0 Å². The van der Waals surface area contributed by atoms with Crippen molar-refractivity contribution in [3.63, 3.8) is 0 Å². The van der Waals surface area contributed by atoms with Gasteiger partial charge in [-0.3, -0.25) is 9.78 Å². The van der Waals surface area contributed by atoms with Crippen molar-refractivity contribution in [3.8, 4) is 11.5 Å². The molecule has 106 valence electrons. The molecule has 0 fully saturated rings. The number of esters is 1. The molecule has 0 amide bonds. The average molecular weight is 294 g/mol. The number of thioether (sulfide) groups is 1. The van der Waals surface area contributed by atoms with Crippen molar-refractivity contribution in [3.05, 3.63) is 30.3 Å². The first kappa shape index (κ1) is 14.5. The first-order valence-electron chi connectivity index (χ1n) is 5.86. The number of nitrogens with two attached hydrogens (primary N) is 1. The minimum Gasteiger partial charge on any atom is -0.468 e. The van der Waals surface area contributed by atoms with Crippen LogP contribution in [0.4, 0.5) is 0 Å². The Morgan fingerprint density at radius 3 is 3.10 bits per heavy atom. The number of rotatable bonds is 6. The van der Waals surface area contributed by atoms with Crippen molar-refractivity contribution >= 4 is 17.7 Å². The number of carbonyl (C=O) groups excluding carboxylic acids is 1. The SMILES string of the molecule is COC(=O)C(N)CSCc1nc(-c2ccccn2)no1. The van der Waals surface area contributed by atoms with Crippen LogP contribution in [0, 0.1) is 0 Å². The minimum atomic E-state index is -0.650. The van der Waals surface area contributed by atoms with Crippen LogP contribution in [0.5, 0.6) is 0 Å². The molecule has 2 N–H and O–H groups in total. The molecular formula is C12H14N4O3S. The minimum absolute atomic E-state index is 0.425. The van der Waals surface area contributed by atoms with Gasteiger partial charge in [-0.25, -0.2) is 0 Å². The Morgan fingerprint density at radius 1 is 1.55 bits per heavy atom. The standard InChI is InChI=1S/C12H14N4O3S/c1-18-12(17)8(13)6-20-7-10-15-11(16-19-10)9-4-2-3-5-14-9/h2-5,8H,6-7,13H2,1H3. The topological polar surface area (TPSA) is 104 Å². The third-order valence-corrected chi connectivity index (χ3v) is 3.43. The van der Waals surface area contributed by atoms with Gasteiger partial charge in [0.15, 0.2) is 0 Å². The normalized spacial score (nSPS) is 12.1. The zero-order valence-corrected chi connectivity index (χ0v) is 11.7. The average Bonchev–Trinajstić information content (AvgIpc) is 2.96. The van der Waals surface area contributed by atoms with Gasteiger partial charge in [-0.15, -0.1) is 11.8 Å². The maximum Gasteiger partial charge on any atom is 0.323 e. The molecule has 20 heavy (non-hydrogen) atoms. The molecule has 1 atom stereocenters. The Morgan fingerprint density at radius 2 is 2.40 bits per heavy atom. The van der Waals surface area contributed by atoms with E-state index in [-0.39, 0.29) is 0 Å². The summed E-state index contributed by atoms with van der Waals surface area (Å²) < 4.78 is 9.65. The van der Waals surface area contributed by atoms with Crippen LogP contribution in [0.25, 0.3) is 11.5 Å². The molecule has 0 aliphatic heterocycles. The second-order valence-corrected chi connectivity index (χ2v) is 4.90. The van der Waals surface area contributed by atoms with E-state index in [1.54, 1.807) is 12.3 Å². The van der Waals surface area contributed by atoms with Gasteiger partial charge in [0.05, 0.1) is 12.9 Å².